The van der Waals surface area contributed by atoms with Gasteiger partial charge in [-0.15, -0.1) is 0 Å². The van der Waals surface area contributed by atoms with Crippen molar-refractivity contribution in [1.82, 2.24) is 0 Å². The van der Waals surface area contributed by atoms with E-state index in [-0.39, 0.29) is 5.97 Å². The van der Waals surface area contributed by atoms with Crippen molar-refractivity contribution in [2.45, 2.75) is 46.1 Å². The fraction of sp³-hybridized carbons (Fsp3) is 0.800. The van der Waals surface area contributed by atoms with E-state index in [1.807, 2.05) is 0 Å². The first-order chi connectivity index (χ1) is 6.95. The molecule has 5 heteroatoms. The Morgan fingerprint density at radius 1 is 1.40 bits per heavy atom. The van der Waals surface area contributed by atoms with Gasteiger partial charge in [-0.3, -0.25) is 9.59 Å². The molecular formula is C10H21NO4. The molecule has 0 aliphatic heterocycles. The summed E-state index contributed by atoms with van der Waals surface area (Å²) in [6.45, 7) is 5.35. The summed E-state index contributed by atoms with van der Waals surface area (Å²) in [6.07, 6.45) is 2.78. The van der Waals surface area contributed by atoms with Crippen LogP contribution in [-0.4, -0.2) is 29.7 Å². The van der Waals surface area contributed by atoms with Crippen LogP contribution in [0.4, 0.5) is 0 Å². The molecule has 5 nitrogen and oxygen atoms in total. The highest BCUT2D eigenvalue weighted by Crippen LogP contribution is 1.99. The monoisotopic (exact) mass is 219 g/mol. The zero-order valence-corrected chi connectivity index (χ0v) is 9.66. The first-order valence-electron chi connectivity index (χ1n) is 5.07. The second-order valence-electron chi connectivity index (χ2n) is 3.02. The molecule has 0 aliphatic rings. The number of unbranched alkanes of at least 4 members (excludes halogenated alkanes) is 1. The highest BCUT2D eigenvalue weighted by molar-refractivity contribution is 5.75. The minimum absolute atomic E-state index is 0.277. The Morgan fingerprint density at radius 2 is 1.87 bits per heavy atom. The predicted molar refractivity (Wildman–Crippen MR) is 57.4 cm³/mol. The lowest BCUT2D eigenvalue weighted by Crippen LogP contribution is -2.32. The van der Waals surface area contributed by atoms with Crippen molar-refractivity contribution < 1.29 is 19.4 Å². The van der Waals surface area contributed by atoms with Gasteiger partial charge in [-0.1, -0.05) is 19.8 Å². The Bertz CT molecular complexity index is 178. The lowest BCUT2D eigenvalue weighted by molar-refractivity contribution is -0.144. The van der Waals surface area contributed by atoms with Crippen molar-refractivity contribution in [1.29, 1.82) is 0 Å². The smallest absolute Gasteiger partial charge is 0.322 e. The maximum absolute atomic E-state index is 10.9. The van der Waals surface area contributed by atoms with Gasteiger partial charge in [-0.2, -0.15) is 0 Å². The van der Waals surface area contributed by atoms with Crippen LogP contribution >= 0.6 is 0 Å². The van der Waals surface area contributed by atoms with E-state index >= 15 is 0 Å². The summed E-state index contributed by atoms with van der Waals surface area (Å²) in [5.41, 5.74) is 5.51. The fourth-order valence-electron chi connectivity index (χ4n) is 0.791. The lowest BCUT2D eigenvalue weighted by Gasteiger charge is -2.08. The zero-order valence-electron chi connectivity index (χ0n) is 9.66. The number of carbonyl (C=O) groups excluding carboxylic acids is 1. The minimum atomic E-state index is -0.833. The van der Waals surface area contributed by atoms with Crippen LogP contribution in [0.5, 0.6) is 0 Å². The highest BCUT2D eigenvalue weighted by atomic mass is 16.5. The third-order valence-corrected chi connectivity index (χ3v) is 1.46. The molecule has 15 heavy (non-hydrogen) atoms. The van der Waals surface area contributed by atoms with E-state index in [0.29, 0.717) is 6.61 Å². The Morgan fingerprint density at radius 3 is 2.20 bits per heavy atom. The molecule has 0 aromatic carbocycles. The summed E-state index contributed by atoms with van der Waals surface area (Å²) < 4.78 is 4.74. The molecule has 3 N–H and O–H groups in total. The summed E-state index contributed by atoms with van der Waals surface area (Å²) in [5, 5.41) is 7.42. The quantitative estimate of drug-likeness (QED) is 0.677. The molecule has 0 spiro atoms. The number of rotatable bonds is 5. The molecule has 0 aromatic heterocycles. The van der Waals surface area contributed by atoms with Gasteiger partial charge in [0.2, 0.25) is 0 Å². The van der Waals surface area contributed by atoms with Crippen molar-refractivity contribution in [3.63, 3.8) is 0 Å². The molecule has 0 radical (unpaired) electrons. The van der Waals surface area contributed by atoms with Gasteiger partial charge in [0.15, 0.2) is 0 Å². The highest BCUT2D eigenvalue weighted by Gasteiger charge is 2.12. The summed E-state index contributed by atoms with van der Waals surface area (Å²) in [4.78, 5) is 19.9. The van der Waals surface area contributed by atoms with Crippen LogP contribution in [0.3, 0.4) is 0 Å². The lowest BCUT2D eigenvalue weighted by atomic mass is 10.1. The molecule has 1 unspecified atom stereocenters. The van der Waals surface area contributed by atoms with E-state index in [0.717, 1.165) is 26.2 Å². The largest absolute Gasteiger partial charge is 0.481 e. The summed E-state index contributed by atoms with van der Waals surface area (Å²) in [6, 6.07) is -0.421. The van der Waals surface area contributed by atoms with Crippen LogP contribution in [0, 0.1) is 0 Å². The first-order valence-corrected chi connectivity index (χ1v) is 5.07. The normalized spacial score (nSPS) is 10.9. The molecule has 0 aromatic rings. The number of carboxylic acid groups (broad SMARTS) is 1. The van der Waals surface area contributed by atoms with Crippen LogP contribution in [-0.2, 0) is 14.3 Å². The molecule has 0 bridgehead atoms. The van der Waals surface area contributed by atoms with Gasteiger partial charge in [0.1, 0.15) is 6.04 Å². The number of nitrogens with two attached hydrogens (primary N) is 1. The van der Waals surface area contributed by atoms with E-state index in [9.17, 15) is 4.79 Å². The Labute approximate surface area is 90.6 Å². The number of carbonyl (C=O) groups is 2. The maximum Gasteiger partial charge on any atom is 0.322 e. The summed E-state index contributed by atoms with van der Waals surface area (Å²) in [7, 11) is 0. The Kier molecular flexibility index (Phi) is 12.0. The molecule has 0 saturated heterocycles. The molecule has 1 atom stereocenters. The molecule has 90 valence electrons. The third kappa shape index (κ3) is 15.6. The van der Waals surface area contributed by atoms with Gasteiger partial charge in [-0.25, -0.2) is 0 Å². The van der Waals surface area contributed by atoms with E-state index in [4.69, 9.17) is 20.4 Å². The van der Waals surface area contributed by atoms with Crippen LogP contribution in [0.15, 0.2) is 0 Å². The average molecular weight is 219 g/mol. The van der Waals surface area contributed by atoms with Crippen LogP contribution in [0.1, 0.15) is 40.0 Å². The second kappa shape index (κ2) is 11.0. The summed E-state index contributed by atoms with van der Waals surface area (Å²) in [5.74, 6) is -1.11. The van der Waals surface area contributed by atoms with Gasteiger partial charge in [0.05, 0.1) is 6.61 Å². The summed E-state index contributed by atoms with van der Waals surface area (Å²) >= 11 is 0. The van der Waals surface area contributed by atoms with E-state index < -0.39 is 12.0 Å². The minimum Gasteiger partial charge on any atom is -0.481 e. The zero-order chi connectivity index (χ0) is 12.3. The Hall–Kier alpha value is -1.10. The number of hydrogen-bond acceptors (Lipinski definition) is 4. The van der Waals surface area contributed by atoms with Crippen molar-refractivity contribution in [3.8, 4) is 0 Å². The Balaban J connectivity index is 0. The standard InChI is InChI=1S/C8H17NO2.C2H4O2/c1-3-5-6-7(9)8(10)11-4-2;1-2(3)4/h7H,3-6,9H2,1-2H3;1H3,(H,3,4). The topological polar surface area (TPSA) is 89.6 Å². The van der Waals surface area contributed by atoms with Gasteiger partial charge < -0.3 is 15.6 Å². The fourth-order valence-corrected chi connectivity index (χ4v) is 0.791. The van der Waals surface area contributed by atoms with Crippen molar-refractivity contribution in [3.05, 3.63) is 0 Å². The molecule has 0 heterocycles. The second-order valence-corrected chi connectivity index (χ2v) is 3.02. The van der Waals surface area contributed by atoms with Gasteiger partial charge >= 0.3 is 5.97 Å². The van der Waals surface area contributed by atoms with Gasteiger partial charge in [0.25, 0.3) is 5.97 Å². The van der Waals surface area contributed by atoms with E-state index in [2.05, 4.69) is 6.92 Å². The van der Waals surface area contributed by atoms with E-state index in [1.165, 1.54) is 0 Å². The number of ether oxygens (including phenoxy) is 1. The molecular weight excluding hydrogens is 198 g/mol. The van der Waals surface area contributed by atoms with Crippen LogP contribution in [0.25, 0.3) is 0 Å². The van der Waals surface area contributed by atoms with Crippen molar-refractivity contribution in [2.24, 2.45) is 5.73 Å². The SMILES string of the molecule is CC(=O)O.CCCCC(N)C(=O)OCC. The van der Waals surface area contributed by atoms with Crippen LogP contribution < -0.4 is 5.73 Å². The predicted octanol–water partition coefficient (Wildman–Crippen LogP) is 1.16. The van der Waals surface area contributed by atoms with E-state index in [1.54, 1.807) is 6.92 Å². The average Bonchev–Trinajstić information content (AvgIpc) is 2.13. The molecule has 0 rings (SSSR count). The molecule has 0 aliphatic carbocycles. The number of esters is 1. The van der Waals surface area contributed by atoms with Crippen LogP contribution in [0.2, 0.25) is 0 Å². The first kappa shape index (κ1) is 16.3. The number of carboxylic acids is 1. The van der Waals surface area contributed by atoms with Crippen molar-refractivity contribution in [2.75, 3.05) is 6.61 Å². The molecule has 0 fully saturated rings. The van der Waals surface area contributed by atoms with Gasteiger partial charge in [0, 0.05) is 6.92 Å². The molecule has 0 amide bonds. The number of aliphatic carboxylic acids is 1. The number of hydrogen-bond donors (Lipinski definition) is 2. The molecule has 0 saturated carbocycles. The van der Waals surface area contributed by atoms with Crippen molar-refractivity contribution >= 4 is 11.9 Å². The van der Waals surface area contributed by atoms with Gasteiger partial charge in [-0.05, 0) is 13.3 Å². The third-order valence-electron chi connectivity index (χ3n) is 1.46. The maximum atomic E-state index is 10.9.